The topological polar surface area (TPSA) is 89.0 Å². The number of pyridine rings is 1. The third-order valence-electron chi connectivity index (χ3n) is 5.34. The average molecular weight is 548 g/mol. The molecule has 0 unspecified atom stereocenters. The van der Waals surface area contributed by atoms with E-state index < -0.39 is 35.4 Å². The highest BCUT2D eigenvalue weighted by Crippen LogP contribution is 2.30. The fourth-order valence-electron chi connectivity index (χ4n) is 3.63. The van der Waals surface area contributed by atoms with Crippen LogP contribution in [-0.4, -0.2) is 39.5 Å². The first-order valence-electron chi connectivity index (χ1n) is 11.6. The minimum atomic E-state index is -4.43. The number of hydrogen-bond donors (Lipinski definition) is 2. The summed E-state index contributed by atoms with van der Waals surface area (Å²) in [7, 11) is 0. The van der Waals surface area contributed by atoms with Crippen LogP contribution in [0.25, 0.3) is 21.3 Å². The van der Waals surface area contributed by atoms with Crippen molar-refractivity contribution in [3.05, 3.63) is 71.8 Å². The van der Waals surface area contributed by atoms with Crippen molar-refractivity contribution < 1.29 is 27.1 Å². The Labute approximate surface area is 220 Å². The van der Waals surface area contributed by atoms with Crippen molar-refractivity contribution in [1.29, 1.82) is 0 Å². The van der Waals surface area contributed by atoms with E-state index >= 15 is 0 Å². The molecular weight excluding hydrogens is 522 g/mol. The minimum absolute atomic E-state index is 0.212. The maximum atomic E-state index is 13.5. The number of aromatic nitrogens is 3. The van der Waals surface area contributed by atoms with Gasteiger partial charge in [-0.25, -0.2) is 9.78 Å². The van der Waals surface area contributed by atoms with Gasteiger partial charge in [0.2, 0.25) is 11.1 Å². The van der Waals surface area contributed by atoms with Gasteiger partial charge in [-0.15, -0.1) is 10.2 Å². The number of alkyl halides is 3. The zero-order valence-electron chi connectivity index (χ0n) is 20.8. The fraction of sp³-hybridized carbons (Fsp3) is 0.308. The van der Waals surface area contributed by atoms with Gasteiger partial charge in [0, 0.05) is 29.8 Å². The van der Waals surface area contributed by atoms with Crippen LogP contribution in [0.5, 0.6) is 0 Å². The van der Waals surface area contributed by atoms with Crippen molar-refractivity contribution in [1.82, 2.24) is 20.5 Å². The zero-order chi connectivity index (χ0) is 27.5. The van der Waals surface area contributed by atoms with Gasteiger partial charge in [0.1, 0.15) is 10.6 Å². The Kier molecular flexibility index (Phi) is 7.81. The van der Waals surface area contributed by atoms with E-state index in [4.69, 9.17) is 4.74 Å². The molecule has 7 nitrogen and oxygen atoms in total. The molecule has 0 fully saturated rings. The first-order chi connectivity index (χ1) is 17.9. The van der Waals surface area contributed by atoms with E-state index in [9.17, 15) is 22.4 Å². The van der Waals surface area contributed by atoms with Gasteiger partial charge in [-0.1, -0.05) is 35.6 Å². The van der Waals surface area contributed by atoms with Gasteiger partial charge in [0.05, 0.1) is 11.6 Å². The molecule has 2 aromatic carbocycles. The van der Waals surface area contributed by atoms with Crippen LogP contribution in [0.15, 0.2) is 54.7 Å². The van der Waals surface area contributed by atoms with Crippen molar-refractivity contribution in [2.24, 2.45) is 0 Å². The molecule has 0 saturated heterocycles. The summed E-state index contributed by atoms with van der Waals surface area (Å²) in [6.45, 7) is 5.41. The molecular formula is C26H25F4N5O2S. The average Bonchev–Trinajstić information content (AvgIpc) is 3.30. The molecule has 2 aromatic heterocycles. The SMILES string of the molecule is CC(C)(C)OC(=O)N[C@H](CNc1nnc(-c2ccc3cnc(F)cc3c2)s1)Cc1ccc(C(F)(F)F)cc1. The van der Waals surface area contributed by atoms with Gasteiger partial charge in [-0.2, -0.15) is 17.6 Å². The predicted octanol–water partition coefficient (Wildman–Crippen LogP) is 6.46. The van der Waals surface area contributed by atoms with Crippen LogP contribution >= 0.6 is 11.3 Å². The number of nitrogens with zero attached hydrogens (tertiary/aromatic N) is 3. The van der Waals surface area contributed by atoms with E-state index in [1.165, 1.54) is 35.7 Å². The van der Waals surface area contributed by atoms with Crippen LogP contribution in [0.4, 0.5) is 27.5 Å². The number of alkyl carbamates (subject to hydrolysis) is 1. The summed E-state index contributed by atoms with van der Waals surface area (Å²) in [4.78, 5) is 16.1. The number of benzene rings is 2. The lowest BCUT2D eigenvalue weighted by atomic mass is 10.0. The van der Waals surface area contributed by atoms with Crippen LogP contribution < -0.4 is 10.6 Å². The zero-order valence-corrected chi connectivity index (χ0v) is 21.6. The Morgan fingerprint density at radius 3 is 2.45 bits per heavy atom. The van der Waals surface area contributed by atoms with E-state index in [1.54, 1.807) is 26.8 Å². The number of fused-ring (bicyclic) bond motifs is 1. The quantitative estimate of drug-likeness (QED) is 0.204. The first kappa shape index (κ1) is 27.2. The molecule has 4 aromatic rings. The molecule has 0 radical (unpaired) electrons. The maximum Gasteiger partial charge on any atom is 0.416 e. The van der Waals surface area contributed by atoms with E-state index in [1.807, 2.05) is 12.1 Å². The van der Waals surface area contributed by atoms with Gasteiger partial charge < -0.3 is 15.4 Å². The molecule has 4 rings (SSSR count). The smallest absolute Gasteiger partial charge is 0.416 e. The molecule has 0 aliphatic rings. The number of ether oxygens (including phenoxy) is 1. The third-order valence-corrected chi connectivity index (χ3v) is 6.27. The number of amides is 1. The summed E-state index contributed by atoms with van der Waals surface area (Å²) in [5, 5.41) is 16.8. The van der Waals surface area contributed by atoms with Crippen molar-refractivity contribution in [3.63, 3.8) is 0 Å². The van der Waals surface area contributed by atoms with E-state index in [-0.39, 0.29) is 13.0 Å². The van der Waals surface area contributed by atoms with Crippen LogP contribution in [0.1, 0.15) is 31.9 Å². The molecule has 2 N–H and O–H groups in total. The number of rotatable bonds is 7. The monoisotopic (exact) mass is 547 g/mol. The summed E-state index contributed by atoms with van der Waals surface area (Å²) >= 11 is 1.27. The van der Waals surface area contributed by atoms with Crippen molar-refractivity contribution in [2.45, 2.75) is 45.0 Å². The molecule has 0 spiro atoms. The van der Waals surface area contributed by atoms with Crippen LogP contribution in [0.3, 0.4) is 0 Å². The number of halogens is 4. The molecule has 38 heavy (non-hydrogen) atoms. The second-order valence-corrected chi connectivity index (χ2v) is 10.6. The fourth-order valence-corrected chi connectivity index (χ4v) is 4.38. The summed E-state index contributed by atoms with van der Waals surface area (Å²) in [6, 6.07) is 11.0. The van der Waals surface area contributed by atoms with E-state index in [0.717, 1.165) is 23.1 Å². The van der Waals surface area contributed by atoms with Gasteiger partial charge in [0.15, 0.2) is 0 Å². The molecule has 12 heteroatoms. The highest BCUT2D eigenvalue weighted by Gasteiger charge is 2.30. The normalized spacial score (nSPS) is 12.8. The Morgan fingerprint density at radius 1 is 1.03 bits per heavy atom. The highest BCUT2D eigenvalue weighted by molar-refractivity contribution is 7.18. The van der Waals surface area contributed by atoms with Gasteiger partial charge in [-0.3, -0.25) is 0 Å². The second-order valence-electron chi connectivity index (χ2n) is 9.60. The van der Waals surface area contributed by atoms with E-state index in [0.29, 0.717) is 21.1 Å². The molecule has 0 aliphatic carbocycles. The Bertz CT molecular complexity index is 1420. The molecule has 1 atom stereocenters. The lowest BCUT2D eigenvalue weighted by molar-refractivity contribution is -0.137. The Morgan fingerprint density at radius 2 is 1.76 bits per heavy atom. The highest BCUT2D eigenvalue weighted by atomic mass is 32.1. The first-order valence-corrected chi connectivity index (χ1v) is 12.5. The second kappa shape index (κ2) is 10.9. The molecule has 0 bridgehead atoms. The van der Waals surface area contributed by atoms with Gasteiger partial charge in [-0.05, 0) is 56.3 Å². The summed E-state index contributed by atoms with van der Waals surface area (Å²) < 4.78 is 57.6. The largest absolute Gasteiger partial charge is 0.444 e. The number of nitrogens with one attached hydrogen (secondary N) is 2. The van der Waals surface area contributed by atoms with Crippen LogP contribution in [0.2, 0.25) is 0 Å². The summed E-state index contributed by atoms with van der Waals surface area (Å²) in [6.07, 6.45) is -3.37. The molecule has 200 valence electrons. The van der Waals surface area contributed by atoms with E-state index in [2.05, 4.69) is 25.8 Å². The number of carbonyl (C=O) groups excluding carboxylic acids is 1. The summed E-state index contributed by atoms with van der Waals surface area (Å²) in [5.74, 6) is -0.578. The summed E-state index contributed by atoms with van der Waals surface area (Å²) in [5.41, 5.74) is -0.104. The molecule has 2 heterocycles. The van der Waals surface area contributed by atoms with Crippen LogP contribution in [0, 0.1) is 5.95 Å². The standard InChI is InChI=1S/C26H25F4N5O2S/c1-25(2,3)37-24(36)33-20(10-15-4-8-19(9-5-15)26(28,29)30)14-32-23-35-34-22(38-23)16-6-7-17-13-31-21(27)12-18(17)11-16/h4-9,11-13,20H,10,14H2,1-3H3,(H,32,35)(H,33,36)/t20-/m0/s1. The number of hydrogen-bond acceptors (Lipinski definition) is 7. The Hall–Kier alpha value is -3.80. The Balaban J connectivity index is 1.47. The molecule has 0 aliphatic heterocycles. The van der Waals surface area contributed by atoms with Crippen molar-refractivity contribution in [2.75, 3.05) is 11.9 Å². The lowest BCUT2D eigenvalue weighted by Gasteiger charge is -2.24. The third kappa shape index (κ3) is 7.37. The van der Waals surface area contributed by atoms with Gasteiger partial charge in [0.25, 0.3) is 0 Å². The molecule has 0 saturated carbocycles. The van der Waals surface area contributed by atoms with Crippen LogP contribution in [-0.2, 0) is 17.3 Å². The number of carbonyl (C=O) groups is 1. The minimum Gasteiger partial charge on any atom is -0.444 e. The number of anilines is 1. The lowest BCUT2D eigenvalue weighted by Crippen LogP contribution is -2.43. The molecule has 1 amide bonds. The maximum absolute atomic E-state index is 13.5. The van der Waals surface area contributed by atoms with Crippen molar-refractivity contribution in [3.8, 4) is 10.6 Å². The van der Waals surface area contributed by atoms with Crippen molar-refractivity contribution >= 4 is 33.3 Å². The predicted molar refractivity (Wildman–Crippen MR) is 137 cm³/mol. The van der Waals surface area contributed by atoms with Gasteiger partial charge >= 0.3 is 12.3 Å².